The number of hydrogen-bond donors (Lipinski definition) is 2. The number of carbonyl (C=O) groups excluding carboxylic acids is 3. The van der Waals surface area contributed by atoms with Crippen molar-refractivity contribution in [2.75, 3.05) is 19.0 Å². The number of anilines is 1. The van der Waals surface area contributed by atoms with Crippen LogP contribution in [-0.2, 0) is 19.1 Å². The highest BCUT2D eigenvalue weighted by atomic mass is 35.5. The maximum atomic E-state index is 11.6. The fourth-order valence-electron chi connectivity index (χ4n) is 1.20. The molecule has 0 aliphatic carbocycles. The molecule has 1 aromatic carbocycles. The molecule has 8 heteroatoms. The molecule has 0 radical (unpaired) electrons. The Labute approximate surface area is 131 Å². The number of rotatable bonds is 5. The van der Waals surface area contributed by atoms with E-state index in [0.29, 0.717) is 15.7 Å². The first-order valence-corrected chi connectivity index (χ1v) is 6.46. The van der Waals surface area contributed by atoms with E-state index in [0.717, 1.165) is 12.2 Å². The van der Waals surface area contributed by atoms with Gasteiger partial charge in [-0.1, -0.05) is 23.2 Å². The lowest BCUT2D eigenvalue weighted by atomic mass is 10.3. The third-order valence-electron chi connectivity index (χ3n) is 2.21. The molecule has 0 spiro atoms. The average Bonchev–Trinajstić information content (AvgIpc) is 2.46. The molecular formula is C13H12Cl2N2O4. The fraction of sp³-hybridized carbons (Fsp3) is 0.154. The zero-order valence-corrected chi connectivity index (χ0v) is 12.5. The van der Waals surface area contributed by atoms with Crippen molar-refractivity contribution in [2.45, 2.75) is 0 Å². The minimum absolute atomic E-state index is 0.270. The van der Waals surface area contributed by atoms with Gasteiger partial charge in [-0.15, -0.1) is 0 Å². The Bertz CT molecular complexity index is 588. The maximum Gasteiger partial charge on any atom is 0.325 e. The topological polar surface area (TPSA) is 84.5 Å². The summed E-state index contributed by atoms with van der Waals surface area (Å²) in [5, 5.41) is 5.42. The number of halogens is 2. The molecule has 0 saturated heterocycles. The van der Waals surface area contributed by atoms with Crippen molar-refractivity contribution >= 4 is 46.7 Å². The van der Waals surface area contributed by atoms with Gasteiger partial charge in [-0.25, -0.2) is 0 Å². The van der Waals surface area contributed by atoms with Crippen molar-refractivity contribution in [1.29, 1.82) is 0 Å². The molecule has 2 N–H and O–H groups in total. The van der Waals surface area contributed by atoms with Crippen LogP contribution in [0.4, 0.5) is 5.69 Å². The number of nitrogens with one attached hydrogen (secondary N) is 2. The molecule has 0 atom stereocenters. The van der Waals surface area contributed by atoms with Crippen LogP contribution >= 0.6 is 23.2 Å². The molecule has 0 unspecified atom stereocenters. The summed E-state index contributed by atoms with van der Waals surface area (Å²) < 4.78 is 4.35. The van der Waals surface area contributed by atoms with E-state index in [4.69, 9.17) is 23.2 Å². The third-order valence-corrected chi connectivity index (χ3v) is 2.95. The van der Waals surface area contributed by atoms with Crippen LogP contribution in [0.3, 0.4) is 0 Å². The highest BCUT2D eigenvalue weighted by molar-refractivity contribution is 6.42. The van der Waals surface area contributed by atoms with Gasteiger partial charge < -0.3 is 15.4 Å². The first kappa shape index (κ1) is 17.0. The van der Waals surface area contributed by atoms with Gasteiger partial charge in [0.25, 0.3) is 0 Å². The summed E-state index contributed by atoms with van der Waals surface area (Å²) in [6.07, 6.45) is 2.02. The van der Waals surface area contributed by atoms with Gasteiger partial charge in [0, 0.05) is 17.8 Å². The Morgan fingerprint density at radius 3 is 2.43 bits per heavy atom. The number of hydrogen-bond acceptors (Lipinski definition) is 4. The first-order chi connectivity index (χ1) is 9.92. The maximum absolute atomic E-state index is 11.6. The Kier molecular flexibility index (Phi) is 6.71. The second-order valence-corrected chi connectivity index (χ2v) is 4.56. The van der Waals surface area contributed by atoms with E-state index in [1.54, 1.807) is 6.07 Å². The van der Waals surface area contributed by atoms with Crippen molar-refractivity contribution in [2.24, 2.45) is 0 Å². The van der Waals surface area contributed by atoms with Gasteiger partial charge >= 0.3 is 5.97 Å². The quantitative estimate of drug-likeness (QED) is 0.636. The number of amides is 2. The van der Waals surface area contributed by atoms with Crippen LogP contribution < -0.4 is 10.6 Å². The number of ether oxygens (including phenoxy) is 1. The van der Waals surface area contributed by atoms with Gasteiger partial charge in [-0.05, 0) is 18.2 Å². The zero-order valence-electron chi connectivity index (χ0n) is 11.0. The summed E-state index contributed by atoms with van der Waals surface area (Å²) in [6.45, 7) is -0.270. The van der Waals surface area contributed by atoms with Crippen LogP contribution in [0.1, 0.15) is 0 Å². The van der Waals surface area contributed by atoms with Crippen LogP contribution in [-0.4, -0.2) is 31.4 Å². The van der Waals surface area contributed by atoms with E-state index in [9.17, 15) is 14.4 Å². The van der Waals surface area contributed by atoms with E-state index in [1.165, 1.54) is 19.2 Å². The Morgan fingerprint density at radius 2 is 1.81 bits per heavy atom. The Balaban J connectivity index is 2.49. The molecule has 0 fully saturated rings. The molecule has 0 bridgehead atoms. The summed E-state index contributed by atoms with van der Waals surface area (Å²) in [4.78, 5) is 33.6. The van der Waals surface area contributed by atoms with Crippen LogP contribution in [0, 0.1) is 0 Å². The van der Waals surface area contributed by atoms with E-state index >= 15 is 0 Å². The minimum Gasteiger partial charge on any atom is -0.468 e. The van der Waals surface area contributed by atoms with Crippen LogP contribution in [0.2, 0.25) is 10.0 Å². The lowest BCUT2D eigenvalue weighted by Crippen LogP contribution is -2.28. The number of carbonyl (C=O) groups is 3. The normalized spacial score (nSPS) is 10.2. The summed E-state index contributed by atoms with van der Waals surface area (Å²) in [5.74, 6) is -1.71. The van der Waals surface area contributed by atoms with Crippen molar-refractivity contribution in [1.82, 2.24) is 5.32 Å². The second-order valence-electron chi connectivity index (χ2n) is 3.75. The van der Waals surface area contributed by atoms with Gasteiger partial charge in [0.05, 0.1) is 17.2 Å². The van der Waals surface area contributed by atoms with E-state index in [2.05, 4.69) is 15.4 Å². The molecule has 0 heterocycles. The van der Waals surface area contributed by atoms with Crippen LogP contribution in [0.15, 0.2) is 30.4 Å². The van der Waals surface area contributed by atoms with Gasteiger partial charge in [-0.2, -0.15) is 0 Å². The largest absolute Gasteiger partial charge is 0.468 e. The molecular weight excluding hydrogens is 319 g/mol. The van der Waals surface area contributed by atoms with Crippen LogP contribution in [0.5, 0.6) is 0 Å². The third kappa shape index (κ3) is 6.29. The molecule has 1 rings (SSSR count). The minimum atomic E-state index is -0.593. The summed E-state index contributed by atoms with van der Waals surface area (Å²) in [5.41, 5.74) is 0.439. The number of benzene rings is 1. The molecule has 0 aromatic heterocycles. The first-order valence-electron chi connectivity index (χ1n) is 5.71. The summed E-state index contributed by atoms with van der Waals surface area (Å²) in [7, 11) is 1.20. The van der Waals surface area contributed by atoms with Crippen molar-refractivity contribution in [3.8, 4) is 0 Å². The van der Waals surface area contributed by atoms with Gasteiger partial charge in [-0.3, -0.25) is 14.4 Å². The zero-order chi connectivity index (χ0) is 15.8. The van der Waals surface area contributed by atoms with Gasteiger partial charge in [0.15, 0.2) is 0 Å². The molecule has 112 valence electrons. The molecule has 0 aliphatic heterocycles. The molecule has 21 heavy (non-hydrogen) atoms. The molecule has 0 aliphatic rings. The predicted molar refractivity (Wildman–Crippen MR) is 79.3 cm³/mol. The summed E-state index contributed by atoms with van der Waals surface area (Å²) in [6, 6.07) is 4.58. The molecule has 0 saturated carbocycles. The average molecular weight is 331 g/mol. The second kappa shape index (κ2) is 8.28. The standard InChI is InChI=1S/C13H12Cl2N2O4/c1-21-13(20)7-16-11(18)4-5-12(19)17-8-2-3-9(14)10(15)6-8/h2-6H,7H2,1H3,(H,16,18)(H,17,19). The van der Waals surface area contributed by atoms with Gasteiger partial charge in [0.1, 0.15) is 6.54 Å². The number of methoxy groups -OCH3 is 1. The monoisotopic (exact) mass is 330 g/mol. The van der Waals surface area contributed by atoms with Crippen molar-refractivity contribution in [3.63, 3.8) is 0 Å². The van der Waals surface area contributed by atoms with E-state index in [1.807, 2.05) is 0 Å². The highest BCUT2D eigenvalue weighted by Crippen LogP contribution is 2.24. The fourth-order valence-corrected chi connectivity index (χ4v) is 1.50. The summed E-state index contributed by atoms with van der Waals surface area (Å²) >= 11 is 11.5. The van der Waals surface area contributed by atoms with Crippen LogP contribution in [0.25, 0.3) is 0 Å². The van der Waals surface area contributed by atoms with E-state index < -0.39 is 17.8 Å². The van der Waals surface area contributed by atoms with Crippen molar-refractivity contribution in [3.05, 3.63) is 40.4 Å². The smallest absolute Gasteiger partial charge is 0.325 e. The Morgan fingerprint density at radius 1 is 1.14 bits per heavy atom. The van der Waals surface area contributed by atoms with Crippen molar-refractivity contribution < 1.29 is 19.1 Å². The number of esters is 1. The Hall–Kier alpha value is -2.05. The predicted octanol–water partition coefficient (Wildman–Crippen LogP) is 1.78. The molecule has 2 amide bonds. The molecule has 1 aromatic rings. The van der Waals surface area contributed by atoms with Gasteiger partial charge in [0.2, 0.25) is 11.8 Å². The van der Waals surface area contributed by atoms with E-state index in [-0.39, 0.29) is 6.54 Å². The SMILES string of the molecule is COC(=O)CNC(=O)C=CC(=O)Nc1ccc(Cl)c(Cl)c1. The highest BCUT2D eigenvalue weighted by Gasteiger charge is 2.04. The molecule has 6 nitrogen and oxygen atoms in total. The lowest BCUT2D eigenvalue weighted by Gasteiger charge is -2.03. The lowest BCUT2D eigenvalue weighted by molar-refractivity contribution is -0.140.